The standard InChI is InChI=1S/C17H30N4O2/c1-12(9-15-13(2)20-21(4)14(15)3)19-16(22)18-10-17(11-23-5)7-6-8-17/h12H,6-11H2,1-5H3,(H2,18,19,22). The summed E-state index contributed by atoms with van der Waals surface area (Å²) >= 11 is 0. The number of nitrogens with zero attached hydrogens (tertiary/aromatic N) is 2. The number of aromatic nitrogens is 2. The minimum Gasteiger partial charge on any atom is -0.384 e. The smallest absolute Gasteiger partial charge is 0.315 e. The van der Waals surface area contributed by atoms with Gasteiger partial charge in [0.05, 0.1) is 12.3 Å². The summed E-state index contributed by atoms with van der Waals surface area (Å²) in [6, 6.07) is -0.0320. The summed E-state index contributed by atoms with van der Waals surface area (Å²) in [7, 11) is 3.67. The molecule has 130 valence electrons. The average Bonchev–Trinajstić information content (AvgIpc) is 2.68. The Morgan fingerprint density at radius 3 is 2.61 bits per heavy atom. The van der Waals surface area contributed by atoms with Gasteiger partial charge in [-0.25, -0.2) is 4.79 Å². The normalized spacial score (nSPS) is 17.4. The van der Waals surface area contributed by atoms with Gasteiger partial charge in [-0.2, -0.15) is 5.10 Å². The Balaban J connectivity index is 1.80. The van der Waals surface area contributed by atoms with Crippen molar-refractivity contribution in [2.24, 2.45) is 12.5 Å². The maximum absolute atomic E-state index is 12.1. The van der Waals surface area contributed by atoms with Gasteiger partial charge in [-0.05, 0) is 45.6 Å². The highest BCUT2D eigenvalue weighted by molar-refractivity contribution is 5.74. The van der Waals surface area contributed by atoms with Crippen molar-refractivity contribution in [2.75, 3.05) is 20.3 Å². The van der Waals surface area contributed by atoms with Crippen LogP contribution in [0.15, 0.2) is 0 Å². The van der Waals surface area contributed by atoms with Crippen LogP contribution in [0.1, 0.15) is 43.1 Å². The van der Waals surface area contributed by atoms with Crippen LogP contribution in [0.5, 0.6) is 0 Å². The number of hydrogen-bond donors (Lipinski definition) is 2. The zero-order chi connectivity index (χ0) is 17.0. The molecule has 2 rings (SSSR count). The SMILES string of the molecule is COCC1(CNC(=O)NC(C)Cc2c(C)nn(C)c2C)CCC1. The Labute approximate surface area is 139 Å². The highest BCUT2D eigenvalue weighted by atomic mass is 16.5. The molecule has 0 radical (unpaired) electrons. The molecule has 1 heterocycles. The molecular formula is C17H30N4O2. The first kappa shape index (κ1) is 17.8. The van der Waals surface area contributed by atoms with Crippen LogP contribution in [0.25, 0.3) is 0 Å². The van der Waals surface area contributed by atoms with Crippen molar-refractivity contribution in [1.82, 2.24) is 20.4 Å². The second-order valence-corrected chi connectivity index (χ2v) is 6.99. The molecular weight excluding hydrogens is 292 g/mol. The molecule has 23 heavy (non-hydrogen) atoms. The molecule has 0 aromatic carbocycles. The number of ether oxygens (including phenoxy) is 1. The zero-order valence-corrected chi connectivity index (χ0v) is 15.0. The van der Waals surface area contributed by atoms with Gasteiger partial charge < -0.3 is 15.4 Å². The van der Waals surface area contributed by atoms with Crippen LogP contribution in [0.2, 0.25) is 0 Å². The average molecular weight is 322 g/mol. The summed E-state index contributed by atoms with van der Waals surface area (Å²) in [4.78, 5) is 12.1. The van der Waals surface area contributed by atoms with Gasteiger partial charge in [0.1, 0.15) is 0 Å². The largest absolute Gasteiger partial charge is 0.384 e. The molecule has 0 aliphatic heterocycles. The number of aryl methyl sites for hydroxylation is 2. The minimum absolute atomic E-state index is 0.0661. The molecule has 1 unspecified atom stereocenters. The van der Waals surface area contributed by atoms with Gasteiger partial charge >= 0.3 is 6.03 Å². The van der Waals surface area contributed by atoms with Crippen molar-refractivity contribution < 1.29 is 9.53 Å². The molecule has 0 bridgehead atoms. The van der Waals surface area contributed by atoms with Crippen molar-refractivity contribution in [3.63, 3.8) is 0 Å². The summed E-state index contributed by atoms with van der Waals surface area (Å²) in [6.07, 6.45) is 4.28. The van der Waals surface area contributed by atoms with E-state index in [4.69, 9.17) is 4.74 Å². The first-order valence-electron chi connectivity index (χ1n) is 8.39. The summed E-state index contributed by atoms with van der Waals surface area (Å²) in [5.74, 6) is 0. The summed E-state index contributed by atoms with van der Waals surface area (Å²) in [6.45, 7) is 7.51. The molecule has 1 saturated carbocycles. The number of hydrogen-bond acceptors (Lipinski definition) is 3. The molecule has 1 aliphatic carbocycles. The first-order valence-corrected chi connectivity index (χ1v) is 8.39. The van der Waals surface area contributed by atoms with Gasteiger partial charge in [-0.3, -0.25) is 4.68 Å². The van der Waals surface area contributed by atoms with E-state index < -0.39 is 0 Å². The van der Waals surface area contributed by atoms with Crippen molar-refractivity contribution in [3.8, 4) is 0 Å². The molecule has 2 amide bonds. The number of carbonyl (C=O) groups is 1. The predicted octanol–water partition coefficient (Wildman–Crippen LogP) is 2.08. The van der Waals surface area contributed by atoms with E-state index in [1.165, 1.54) is 12.0 Å². The number of nitrogens with one attached hydrogen (secondary N) is 2. The third-order valence-electron chi connectivity index (χ3n) is 5.04. The fourth-order valence-corrected chi connectivity index (χ4v) is 3.37. The molecule has 1 aromatic rings. The maximum Gasteiger partial charge on any atom is 0.315 e. The third-order valence-corrected chi connectivity index (χ3v) is 5.04. The highest BCUT2D eigenvalue weighted by Crippen LogP contribution is 2.40. The minimum atomic E-state index is -0.0981. The second-order valence-electron chi connectivity index (χ2n) is 6.99. The van der Waals surface area contributed by atoms with Gasteiger partial charge in [0.2, 0.25) is 0 Å². The van der Waals surface area contributed by atoms with E-state index in [0.29, 0.717) is 6.54 Å². The topological polar surface area (TPSA) is 68.2 Å². The lowest BCUT2D eigenvalue weighted by Gasteiger charge is -2.41. The van der Waals surface area contributed by atoms with Crippen molar-refractivity contribution >= 4 is 6.03 Å². The number of amides is 2. The van der Waals surface area contributed by atoms with Crippen LogP contribution in [0.4, 0.5) is 4.79 Å². The molecule has 6 nitrogen and oxygen atoms in total. The Bertz CT molecular complexity index is 549. The summed E-state index contributed by atoms with van der Waals surface area (Å²) < 4.78 is 7.18. The van der Waals surface area contributed by atoms with Gasteiger partial charge in [0.15, 0.2) is 0 Å². The lowest BCUT2D eigenvalue weighted by Crippen LogP contribution is -2.49. The fourth-order valence-electron chi connectivity index (χ4n) is 3.37. The van der Waals surface area contributed by atoms with E-state index >= 15 is 0 Å². The molecule has 1 aliphatic rings. The van der Waals surface area contributed by atoms with Crippen molar-refractivity contribution in [3.05, 3.63) is 17.0 Å². The van der Waals surface area contributed by atoms with Crippen molar-refractivity contribution in [2.45, 2.75) is 52.5 Å². The molecule has 6 heteroatoms. The molecule has 0 saturated heterocycles. The van der Waals surface area contributed by atoms with Crippen molar-refractivity contribution in [1.29, 1.82) is 0 Å². The Kier molecular flexibility index (Phi) is 5.68. The van der Waals surface area contributed by atoms with Crippen LogP contribution in [-0.2, 0) is 18.2 Å². The molecule has 1 atom stereocenters. The Morgan fingerprint density at radius 1 is 1.43 bits per heavy atom. The molecule has 2 N–H and O–H groups in total. The molecule has 1 fully saturated rings. The lowest BCUT2D eigenvalue weighted by atomic mass is 9.69. The number of methoxy groups -OCH3 is 1. The van der Waals surface area contributed by atoms with E-state index in [2.05, 4.69) is 22.7 Å². The summed E-state index contributed by atoms with van der Waals surface area (Å²) in [5, 5.41) is 10.5. The van der Waals surface area contributed by atoms with Gasteiger partial charge in [-0.1, -0.05) is 6.42 Å². The van der Waals surface area contributed by atoms with Gasteiger partial charge in [0, 0.05) is 37.9 Å². The highest BCUT2D eigenvalue weighted by Gasteiger charge is 2.37. The predicted molar refractivity (Wildman–Crippen MR) is 90.5 cm³/mol. The monoisotopic (exact) mass is 322 g/mol. The quantitative estimate of drug-likeness (QED) is 0.807. The van der Waals surface area contributed by atoms with Crippen LogP contribution >= 0.6 is 0 Å². The van der Waals surface area contributed by atoms with E-state index in [9.17, 15) is 4.79 Å². The van der Waals surface area contributed by atoms with Crippen LogP contribution < -0.4 is 10.6 Å². The molecule has 0 spiro atoms. The van der Waals surface area contributed by atoms with Crippen LogP contribution in [-0.4, -0.2) is 42.1 Å². The van der Waals surface area contributed by atoms with E-state index in [0.717, 1.165) is 37.3 Å². The van der Waals surface area contributed by atoms with E-state index in [1.54, 1.807) is 7.11 Å². The number of urea groups is 1. The van der Waals surface area contributed by atoms with E-state index in [-0.39, 0.29) is 17.5 Å². The van der Waals surface area contributed by atoms with Crippen LogP contribution in [0, 0.1) is 19.3 Å². The zero-order valence-electron chi connectivity index (χ0n) is 15.0. The second kappa shape index (κ2) is 7.34. The third kappa shape index (κ3) is 4.25. The maximum atomic E-state index is 12.1. The fraction of sp³-hybridized carbons (Fsp3) is 0.765. The van der Waals surface area contributed by atoms with E-state index in [1.807, 2.05) is 25.6 Å². The van der Waals surface area contributed by atoms with Crippen LogP contribution in [0.3, 0.4) is 0 Å². The lowest BCUT2D eigenvalue weighted by molar-refractivity contribution is 0.0200. The Hall–Kier alpha value is -1.56. The number of rotatable bonds is 7. The Morgan fingerprint density at radius 2 is 2.13 bits per heavy atom. The molecule has 1 aromatic heterocycles. The number of carbonyl (C=O) groups excluding carboxylic acids is 1. The van der Waals surface area contributed by atoms with Gasteiger partial charge in [0.25, 0.3) is 0 Å². The van der Waals surface area contributed by atoms with Gasteiger partial charge in [-0.15, -0.1) is 0 Å². The first-order chi connectivity index (χ1) is 10.9. The summed E-state index contributed by atoms with van der Waals surface area (Å²) in [5.41, 5.74) is 3.55.